The summed E-state index contributed by atoms with van der Waals surface area (Å²) in [5.41, 5.74) is 0.0471. The van der Waals surface area contributed by atoms with E-state index in [-0.39, 0.29) is 11.7 Å². The van der Waals surface area contributed by atoms with Gasteiger partial charge in [0.1, 0.15) is 5.60 Å². The summed E-state index contributed by atoms with van der Waals surface area (Å²) in [6.07, 6.45) is 9.15. The first-order chi connectivity index (χ1) is 7.77. The molecular weight excluding hydrogens is 212 g/mol. The smallest absolute Gasteiger partial charge is 0.106 e. The molecule has 17 heavy (non-hydrogen) atoms. The summed E-state index contributed by atoms with van der Waals surface area (Å²) in [4.78, 5) is 0. The third-order valence-corrected chi connectivity index (χ3v) is 3.24. The van der Waals surface area contributed by atoms with Gasteiger partial charge in [-0.15, -0.1) is 0 Å². The van der Waals surface area contributed by atoms with Crippen LogP contribution in [-0.4, -0.2) is 22.4 Å². The van der Waals surface area contributed by atoms with Crippen LogP contribution >= 0.6 is 0 Å². The number of rotatable bonds is 4. The molecule has 1 saturated heterocycles. The van der Waals surface area contributed by atoms with Crippen LogP contribution in [0.25, 0.3) is 0 Å². The Morgan fingerprint density at radius 3 is 2.65 bits per heavy atom. The average Bonchev–Trinajstić information content (AvgIpc) is 2.59. The maximum atomic E-state index is 10.4. The molecule has 0 aromatic rings. The highest BCUT2D eigenvalue weighted by Gasteiger charge is 2.40. The lowest BCUT2D eigenvalue weighted by Crippen LogP contribution is -2.38. The SMILES string of the molecule is C=C/C(C)=C/C=C/C(C)(O)C1CCC(C)(C)O1. The van der Waals surface area contributed by atoms with Crippen molar-refractivity contribution in [2.45, 2.75) is 57.8 Å². The molecule has 1 aliphatic heterocycles. The van der Waals surface area contributed by atoms with Crippen molar-refractivity contribution < 1.29 is 9.84 Å². The standard InChI is InChI=1S/C15H24O2/c1-6-12(2)8-7-10-15(5,16)13-9-11-14(3,4)17-13/h6-8,10,13,16H,1,9,11H2,2-5H3/b10-7+,12-8+. The summed E-state index contributed by atoms with van der Waals surface area (Å²) in [5.74, 6) is 0. The Kier molecular flexibility index (Phi) is 4.34. The van der Waals surface area contributed by atoms with Crippen molar-refractivity contribution in [1.29, 1.82) is 0 Å². The molecule has 0 spiro atoms. The molecule has 0 amide bonds. The van der Waals surface area contributed by atoms with E-state index in [0.717, 1.165) is 18.4 Å². The van der Waals surface area contributed by atoms with Gasteiger partial charge in [0.05, 0.1) is 11.7 Å². The van der Waals surface area contributed by atoms with Crippen LogP contribution in [0.2, 0.25) is 0 Å². The van der Waals surface area contributed by atoms with Crippen molar-refractivity contribution in [2.24, 2.45) is 0 Å². The Labute approximate surface area is 105 Å². The largest absolute Gasteiger partial charge is 0.383 e. The van der Waals surface area contributed by atoms with E-state index in [2.05, 4.69) is 20.4 Å². The van der Waals surface area contributed by atoms with Crippen LogP contribution in [0.4, 0.5) is 0 Å². The van der Waals surface area contributed by atoms with E-state index in [1.807, 2.05) is 19.1 Å². The van der Waals surface area contributed by atoms with Gasteiger partial charge in [0.25, 0.3) is 0 Å². The molecule has 0 aliphatic carbocycles. The molecule has 1 fully saturated rings. The Bertz CT molecular complexity index is 335. The second-order valence-electron chi connectivity index (χ2n) is 5.60. The molecule has 2 unspecified atom stereocenters. The fraction of sp³-hybridized carbons (Fsp3) is 0.600. The van der Waals surface area contributed by atoms with Crippen LogP contribution in [0.5, 0.6) is 0 Å². The van der Waals surface area contributed by atoms with E-state index >= 15 is 0 Å². The predicted octanol–water partition coefficient (Wildman–Crippen LogP) is 3.38. The van der Waals surface area contributed by atoms with Crippen molar-refractivity contribution in [3.8, 4) is 0 Å². The lowest BCUT2D eigenvalue weighted by Gasteiger charge is -2.28. The first kappa shape index (κ1) is 14.2. The molecule has 1 aliphatic rings. The lowest BCUT2D eigenvalue weighted by atomic mass is 9.95. The Balaban J connectivity index is 2.66. The van der Waals surface area contributed by atoms with Gasteiger partial charge >= 0.3 is 0 Å². The van der Waals surface area contributed by atoms with E-state index in [1.165, 1.54) is 0 Å². The molecule has 1 heterocycles. The van der Waals surface area contributed by atoms with Crippen molar-refractivity contribution in [1.82, 2.24) is 0 Å². The number of ether oxygens (including phenoxy) is 1. The third-order valence-electron chi connectivity index (χ3n) is 3.24. The molecule has 0 bridgehead atoms. The van der Waals surface area contributed by atoms with Crippen LogP contribution in [-0.2, 0) is 4.74 Å². The maximum Gasteiger partial charge on any atom is 0.106 e. The van der Waals surface area contributed by atoms with Crippen molar-refractivity contribution in [2.75, 3.05) is 0 Å². The predicted molar refractivity (Wildman–Crippen MR) is 71.9 cm³/mol. The molecule has 0 aromatic heterocycles. The van der Waals surface area contributed by atoms with Crippen LogP contribution in [0.15, 0.2) is 36.5 Å². The van der Waals surface area contributed by atoms with E-state index in [0.29, 0.717) is 0 Å². The highest BCUT2D eigenvalue weighted by atomic mass is 16.5. The minimum Gasteiger partial charge on any atom is -0.383 e. The van der Waals surface area contributed by atoms with Gasteiger partial charge < -0.3 is 9.84 Å². The summed E-state index contributed by atoms with van der Waals surface area (Å²) >= 11 is 0. The molecule has 2 nitrogen and oxygen atoms in total. The fourth-order valence-corrected chi connectivity index (χ4v) is 1.96. The number of aliphatic hydroxyl groups is 1. The van der Waals surface area contributed by atoms with E-state index < -0.39 is 5.60 Å². The van der Waals surface area contributed by atoms with Crippen LogP contribution < -0.4 is 0 Å². The fourth-order valence-electron chi connectivity index (χ4n) is 1.96. The zero-order chi connectivity index (χ0) is 13.1. The second kappa shape index (κ2) is 5.19. The monoisotopic (exact) mass is 236 g/mol. The van der Waals surface area contributed by atoms with Gasteiger partial charge in [-0.1, -0.05) is 36.5 Å². The molecule has 0 aromatic carbocycles. The summed E-state index contributed by atoms with van der Waals surface area (Å²) < 4.78 is 5.86. The normalized spacial score (nSPS) is 28.3. The molecule has 1 rings (SSSR count). The highest BCUT2D eigenvalue weighted by molar-refractivity contribution is 5.21. The minimum absolute atomic E-state index is 0.116. The van der Waals surface area contributed by atoms with Gasteiger partial charge in [0, 0.05) is 0 Å². The lowest BCUT2D eigenvalue weighted by molar-refractivity contribution is -0.0960. The van der Waals surface area contributed by atoms with E-state index in [9.17, 15) is 5.11 Å². The highest BCUT2D eigenvalue weighted by Crippen LogP contribution is 2.35. The first-order valence-electron chi connectivity index (χ1n) is 6.15. The Morgan fingerprint density at radius 1 is 1.53 bits per heavy atom. The van der Waals surface area contributed by atoms with Crippen LogP contribution in [0.1, 0.15) is 40.5 Å². The molecule has 0 radical (unpaired) electrons. The van der Waals surface area contributed by atoms with Gasteiger partial charge in [0.15, 0.2) is 0 Å². The summed E-state index contributed by atoms with van der Waals surface area (Å²) in [6, 6.07) is 0. The molecular formula is C15H24O2. The quantitative estimate of drug-likeness (QED) is 0.758. The molecule has 2 atom stereocenters. The van der Waals surface area contributed by atoms with Gasteiger partial charge in [0.2, 0.25) is 0 Å². The van der Waals surface area contributed by atoms with Gasteiger partial charge in [-0.25, -0.2) is 0 Å². The summed E-state index contributed by atoms with van der Waals surface area (Å²) in [5, 5.41) is 10.4. The van der Waals surface area contributed by atoms with E-state index in [1.54, 1.807) is 19.1 Å². The maximum absolute atomic E-state index is 10.4. The summed E-state index contributed by atoms with van der Waals surface area (Å²) in [6.45, 7) is 11.6. The second-order valence-corrected chi connectivity index (χ2v) is 5.60. The Morgan fingerprint density at radius 2 is 2.18 bits per heavy atom. The average molecular weight is 236 g/mol. The molecule has 2 heteroatoms. The molecule has 0 saturated carbocycles. The number of hydrogen-bond acceptors (Lipinski definition) is 2. The number of hydrogen-bond donors (Lipinski definition) is 1. The third kappa shape index (κ3) is 4.14. The topological polar surface area (TPSA) is 29.5 Å². The van der Waals surface area contributed by atoms with Crippen molar-refractivity contribution >= 4 is 0 Å². The van der Waals surface area contributed by atoms with Gasteiger partial charge in [-0.3, -0.25) is 0 Å². The number of allylic oxidation sites excluding steroid dienone is 4. The van der Waals surface area contributed by atoms with Crippen molar-refractivity contribution in [3.63, 3.8) is 0 Å². The van der Waals surface area contributed by atoms with Crippen molar-refractivity contribution in [3.05, 3.63) is 36.5 Å². The van der Waals surface area contributed by atoms with Gasteiger partial charge in [-0.2, -0.15) is 0 Å². The minimum atomic E-state index is -0.911. The Hall–Kier alpha value is -0.860. The first-order valence-corrected chi connectivity index (χ1v) is 6.15. The zero-order valence-electron chi connectivity index (χ0n) is 11.4. The van der Waals surface area contributed by atoms with Gasteiger partial charge in [-0.05, 0) is 40.5 Å². The van der Waals surface area contributed by atoms with Crippen LogP contribution in [0.3, 0.4) is 0 Å². The summed E-state index contributed by atoms with van der Waals surface area (Å²) in [7, 11) is 0. The molecule has 96 valence electrons. The zero-order valence-corrected chi connectivity index (χ0v) is 11.4. The molecule has 1 N–H and O–H groups in total. The van der Waals surface area contributed by atoms with Crippen LogP contribution in [0, 0.1) is 0 Å². The van der Waals surface area contributed by atoms with E-state index in [4.69, 9.17) is 4.74 Å².